The second-order valence-electron chi connectivity index (χ2n) is 6.04. The Labute approximate surface area is 152 Å². The summed E-state index contributed by atoms with van der Waals surface area (Å²) in [5.74, 6) is -1.01. The van der Waals surface area contributed by atoms with Crippen molar-refractivity contribution in [2.45, 2.75) is 25.8 Å². The standard InChI is InChI=1S/C17H22N2O6.H3N/c1-11(6-12-4-5-13-14(7-12)25-10-24-13)19(3)16(21)9-18(2)15(20)8-17(22)23;/h4-5,7,11H,6,8-10H2,1-3H3,(H,22,23);1H3. The van der Waals surface area contributed by atoms with Crippen LogP contribution in [0.15, 0.2) is 18.2 Å². The summed E-state index contributed by atoms with van der Waals surface area (Å²) in [7, 11) is 3.04. The van der Waals surface area contributed by atoms with Crippen LogP contribution in [0.4, 0.5) is 0 Å². The zero-order chi connectivity index (χ0) is 18.6. The molecule has 0 aromatic heterocycles. The second kappa shape index (κ2) is 9.04. The van der Waals surface area contributed by atoms with E-state index in [0.717, 1.165) is 10.5 Å². The topological polar surface area (TPSA) is 136 Å². The number of rotatable bonds is 7. The minimum atomic E-state index is -1.46. The summed E-state index contributed by atoms with van der Waals surface area (Å²) in [5, 5.41) is 10.5. The van der Waals surface area contributed by atoms with Gasteiger partial charge in [-0.05, 0) is 31.0 Å². The minimum absolute atomic E-state index is 0. The molecule has 1 aromatic carbocycles. The van der Waals surface area contributed by atoms with E-state index in [0.29, 0.717) is 17.9 Å². The van der Waals surface area contributed by atoms with Gasteiger partial charge in [-0.2, -0.15) is 0 Å². The fourth-order valence-corrected chi connectivity index (χ4v) is 2.45. The Hall–Kier alpha value is -2.81. The lowest BCUT2D eigenvalue weighted by atomic mass is 10.1. The minimum Gasteiger partial charge on any atom is -0.550 e. The SMILES string of the molecule is CC(Cc1ccc2c(c1)OCO2)N(C)C(=O)CN(C)C(=O)CC(=O)[O-].[NH4+]. The molecule has 9 heteroatoms. The van der Waals surface area contributed by atoms with E-state index in [9.17, 15) is 19.5 Å². The number of hydrogen-bond acceptors (Lipinski definition) is 6. The number of carboxylic acid groups (broad SMARTS) is 1. The van der Waals surface area contributed by atoms with Crippen molar-refractivity contribution in [3.05, 3.63) is 23.8 Å². The normalized spacial score (nSPS) is 12.7. The highest BCUT2D eigenvalue weighted by atomic mass is 16.7. The molecule has 2 rings (SSSR count). The van der Waals surface area contributed by atoms with Crippen LogP contribution in [0.5, 0.6) is 11.5 Å². The molecule has 0 bridgehead atoms. The predicted octanol–water partition coefficient (Wildman–Crippen LogP) is -0.221. The van der Waals surface area contributed by atoms with Crippen LogP contribution < -0.4 is 20.7 Å². The van der Waals surface area contributed by atoms with E-state index < -0.39 is 18.3 Å². The van der Waals surface area contributed by atoms with Gasteiger partial charge in [0.15, 0.2) is 11.5 Å². The molecule has 4 N–H and O–H groups in total. The Bertz CT molecular complexity index is 678. The highest BCUT2D eigenvalue weighted by Gasteiger charge is 2.21. The first-order valence-electron chi connectivity index (χ1n) is 7.86. The van der Waals surface area contributed by atoms with Gasteiger partial charge in [-0.1, -0.05) is 6.07 Å². The molecule has 1 heterocycles. The summed E-state index contributed by atoms with van der Waals surface area (Å²) in [6.07, 6.45) is -0.129. The fourth-order valence-electron chi connectivity index (χ4n) is 2.45. The maximum atomic E-state index is 12.3. The van der Waals surface area contributed by atoms with Crippen molar-refractivity contribution in [3.63, 3.8) is 0 Å². The van der Waals surface area contributed by atoms with Gasteiger partial charge in [-0.3, -0.25) is 9.59 Å². The molecule has 144 valence electrons. The van der Waals surface area contributed by atoms with Gasteiger partial charge >= 0.3 is 0 Å². The van der Waals surface area contributed by atoms with E-state index in [1.54, 1.807) is 7.05 Å². The number of quaternary nitrogens is 1. The molecule has 0 radical (unpaired) electrons. The van der Waals surface area contributed by atoms with Crippen LogP contribution in [-0.4, -0.2) is 61.1 Å². The Kier molecular flexibility index (Phi) is 7.39. The van der Waals surface area contributed by atoms with Gasteiger partial charge in [0, 0.05) is 20.1 Å². The number of carbonyl (C=O) groups is 3. The third-order valence-electron chi connectivity index (χ3n) is 4.12. The Balaban J connectivity index is 0.00000338. The Morgan fingerprint density at radius 3 is 2.46 bits per heavy atom. The molecule has 2 amide bonds. The number of aliphatic carboxylic acids is 1. The van der Waals surface area contributed by atoms with Gasteiger partial charge in [0.2, 0.25) is 18.6 Å². The van der Waals surface area contributed by atoms with E-state index in [1.807, 2.05) is 25.1 Å². The lowest BCUT2D eigenvalue weighted by Crippen LogP contribution is -2.44. The summed E-state index contributed by atoms with van der Waals surface area (Å²) < 4.78 is 10.6. The summed E-state index contributed by atoms with van der Waals surface area (Å²) in [5.41, 5.74) is 0.998. The number of ether oxygens (including phenoxy) is 2. The van der Waals surface area contributed by atoms with Crippen LogP contribution in [0, 0.1) is 0 Å². The van der Waals surface area contributed by atoms with Crippen LogP contribution in [-0.2, 0) is 20.8 Å². The van der Waals surface area contributed by atoms with Crippen molar-refractivity contribution < 1.29 is 29.0 Å². The van der Waals surface area contributed by atoms with Gasteiger partial charge in [0.25, 0.3) is 0 Å². The second-order valence-corrected chi connectivity index (χ2v) is 6.04. The average molecular weight is 367 g/mol. The summed E-state index contributed by atoms with van der Waals surface area (Å²) in [6.45, 7) is 1.92. The molecule has 1 aliphatic rings. The van der Waals surface area contributed by atoms with Gasteiger partial charge in [-0.15, -0.1) is 0 Å². The third-order valence-corrected chi connectivity index (χ3v) is 4.12. The first-order valence-corrected chi connectivity index (χ1v) is 7.86. The molecule has 1 aliphatic heterocycles. The molecule has 0 spiro atoms. The lowest BCUT2D eigenvalue weighted by molar-refractivity contribution is -0.304. The number of amides is 2. The zero-order valence-corrected chi connectivity index (χ0v) is 15.5. The third kappa shape index (κ3) is 5.35. The van der Waals surface area contributed by atoms with E-state index >= 15 is 0 Å². The van der Waals surface area contributed by atoms with Crippen LogP contribution in [0.1, 0.15) is 18.9 Å². The van der Waals surface area contributed by atoms with Gasteiger partial charge in [0.05, 0.1) is 18.9 Å². The van der Waals surface area contributed by atoms with E-state index in [4.69, 9.17) is 9.47 Å². The summed E-state index contributed by atoms with van der Waals surface area (Å²) in [6, 6.07) is 5.51. The number of likely N-dealkylation sites (N-methyl/N-ethyl adjacent to an activating group) is 2. The smallest absolute Gasteiger partial charge is 0.242 e. The van der Waals surface area contributed by atoms with Crippen molar-refractivity contribution in [1.82, 2.24) is 16.0 Å². The molecule has 1 unspecified atom stereocenters. The maximum absolute atomic E-state index is 12.3. The predicted molar refractivity (Wildman–Crippen MR) is 91.7 cm³/mol. The van der Waals surface area contributed by atoms with E-state index in [-0.39, 0.29) is 31.4 Å². The van der Waals surface area contributed by atoms with Crippen LogP contribution in [0.25, 0.3) is 0 Å². The molecule has 26 heavy (non-hydrogen) atoms. The summed E-state index contributed by atoms with van der Waals surface area (Å²) in [4.78, 5) is 36.9. The Morgan fingerprint density at radius 1 is 1.15 bits per heavy atom. The quantitative estimate of drug-likeness (QED) is 0.662. The highest BCUT2D eigenvalue weighted by molar-refractivity contribution is 5.94. The molecule has 1 aromatic rings. The number of benzene rings is 1. The van der Waals surface area contributed by atoms with Gasteiger partial charge < -0.3 is 35.3 Å². The zero-order valence-electron chi connectivity index (χ0n) is 15.5. The maximum Gasteiger partial charge on any atom is 0.242 e. The molecule has 0 aliphatic carbocycles. The molecular formula is C17H25N3O6. The lowest BCUT2D eigenvalue weighted by Gasteiger charge is -2.27. The van der Waals surface area contributed by atoms with Crippen LogP contribution >= 0.6 is 0 Å². The number of hydrogen-bond donors (Lipinski definition) is 1. The van der Waals surface area contributed by atoms with Gasteiger partial charge in [-0.25, -0.2) is 0 Å². The van der Waals surface area contributed by atoms with E-state index in [2.05, 4.69) is 0 Å². The summed E-state index contributed by atoms with van der Waals surface area (Å²) >= 11 is 0. The average Bonchev–Trinajstić information content (AvgIpc) is 3.00. The van der Waals surface area contributed by atoms with E-state index in [1.165, 1.54) is 11.9 Å². The molecular weight excluding hydrogens is 342 g/mol. The number of carbonyl (C=O) groups excluding carboxylic acids is 3. The number of fused-ring (bicyclic) bond motifs is 1. The molecule has 0 saturated carbocycles. The molecule has 0 fully saturated rings. The Morgan fingerprint density at radius 2 is 1.81 bits per heavy atom. The largest absolute Gasteiger partial charge is 0.550 e. The monoisotopic (exact) mass is 367 g/mol. The fraction of sp³-hybridized carbons (Fsp3) is 0.471. The number of carboxylic acids is 1. The van der Waals surface area contributed by atoms with Crippen molar-refractivity contribution >= 4 is 17.8 Å². The van der Waals surface area contributed by atoms with Crippen molar-refractivity contribution in [1.29, 1.82) is 0 Å². The first kappa shape index (κ1) is 21.2. The van der Waals surface area contributed by atoms with Crippen molar-refractivity contribution in [3.8, 4) is 11.5 Å². The molecule has 9 nitrogen and oxygen atoms in total. The highest BCUT2D eigenvalue weighted by Crippen LogP contribution is 2.32. The van der Waals surface area contributed by atoms with Crippen molar-refractivity contribution in [2.75, 3.05) is 27.4 Å². The molecule has 0 saturated heterocycles. The van der Waals surface area contributed by atoms with Crippen LogP contribution in [0.2, 0.25) is 0 Å². The number of nitrogens with zero attached hydrogens (tertiary/aromatic N) is 2. The first-order chi connectivity index (χ1) is 11.8. The van der Waals surface area contributed by atoms with Gasteiger partial charge in [0.1, 0.15) is 0 Å². The molecule has 1 atom stereocenters. The van der Waals surface area contributed by atoms with Crippen molar-refractivity contribution in [2.24, 2.45) is 0 Å². The van der Waals surface area contributed by atoms with Crippen LogP contribution in [0.3, 0.4) is 0 Å².